The largest absolute Gasteiger partial charge is 0.484 e. The highest BCUT2D eigenvalue weighted by atomic mass is 35.5. The number of hydrogen-bond acceptors (Lipinski definition) is 9. The average Bonchev–Trinajstić information content (AvgIpc) is 3.28. The van der Waals surface area contributed by atoms with E-state index >= 15 is 0 Å². The zero-order chi connectivity index (χ0) is 27.0. The molecule has 206 valence electrons. The minimum atomic E-state index is -3.70. The van der Waals surface area contributed by atoms with Crippen LogP contribution < -0.4 is 20.5 Å². The van der Waals surface area contributed by atoms with E-state index in [2.05, 4.69) is 21.0 Å². The van der Waals surface area contributed by atoms with Crippen LogP contribution in [0.5, 0.6) is 5.75 Å². The zero-order valence-electron chi connectivity index (χ0n) is 21.2. The fourth-order valence-corrected chi connectivity index (χ4v) is 6.06. The van der Waals surface area contributed by atoms with Crippen LogP contribution in [0.25, 0.3) is 0 Å². The lowest BCUT2D eigenvalue weighted by molar-refractivity contribution is 0.0530. The summed E-state index contributed by atoms with van der Waals surface area (Å²) in [7, 11) is -3.70. The van der Waals surface area contributed by atoms with Gasteiger partial charge >= 0.3 is 0 Å². The first-order valence-electron chi connectivity index (χ1n) is 12.7. The smallest absolute Gasteiger partial charge is 0.240 e. The van der Waals surface area contributed by atoms with Gasteiger partial charge in [-0.3, -0.25) is 4.90 Å². The second-order valence-electron chi connectivity index (χ2n) is 9.11. The first-order chi connectivity index (χ1) is 18.4. The molecule has 38 heavy (non-hydrogen) atoms. The molecule has 1 aliphatic heterocycles. The van der Waals surface area contributed by atoms with E-state index in [4.69, 9.17) is 31.5 Å². The van der Waals surface area contributed by atoms with Crippen molar-refractivity contribution in [2.45, 2.75) is 23.5 Å². The summed E-state index contributed by atoms with van der Waals surface area (Å²) in [6.45, 7) is 5.60. The lowest BCUT2D eigenvalue weighted by Gasteiger charge is -2.36. The molecule has 4 rings (SSSR count). The third kappa shape index (κ3) is 7.22. The zero-order valence-corrected chi connectivity index (χ0v) is 22.8. The van der Waals surface area contributed by atoms with E-state index < -0.39 is 10.0 Å². The van der Waals surface area contributed by atoms with Crippen molar-refractivity contribution in [3.05, 3.63) is 58.1 Å². The second kappa shape index (κ2) is 13.7. The molecule has 0 bridgehead atoms. The quantitative estimate of drug-likeness (QED) is 0.309. The molecule has 0 unspecified atom stereocenters. The molecule has 10 nitrogen and oxygen atoms in total. The fourth-order valence-electron chi connectivity index (χ4n) is 4.82. The normalized spacial score (nSPS) is 19.7. The number of nitrogens with two attached hydrogens (primary N) is 1. The molecule has 1 saturated heterocycles. The van der Waals surface area contributed by atoms with Gasteiger partial charge in [-0.25, -0.2) is 13.1 Å². The Bertz CT molecular complexity index is 1220. The van der Waals surface area contributed by atoms with Crippen LogP contribution in [-0.2, 0) is 25.9 Å². The lowest BCUT2D eigenvalue weighted by atomic mass is 10.0. The number of rotatable bonds is 13. The van der Waals surface area contributed by atoms with Crippen LogP contribution in [0.4, 0.5) is 0 Å². The third-order valence-corrected chi connectivity index (χ3v) is 8.32. The van der Waals surface area contributed by atoms with Crippen molar-refractivity contribution in [1.82, 2.24) is 14.9 Å². The molecule has 0 spiro atoms. The standard InChI is InChI=1S/C26H34ClN5O5S/c27-20-15-19(18-29)23-17-25(32-9-6-30-7-10-32)26(24(23)16-20)37-21-1-3-22(4-2-21)38(33,34)31-8-12-36-14-13-35-11-5-28/h1-4,15-16,25-26,30-31H,5-14,17,28H2/t25-,26-/m0/s1. The molecule has 0 saturated carbocycles. The summed E-state index contributed by atoms with van der Waals surface area (Å²) < 4.78 is 45.0. The maximum absolute atomic E-state index is 12.7. The molecular weight excluding hydrogens is 530 g/mol. The summed E-state index contributed by atoms with van der Waals surface area (Å²) in [5.41, 5.74) is 7.78. The minimum Gasteiger partial charge on any atom is -0.484 e. The average molecular weight is 564 g/mol. The second-order valence-corrected chi connectivity index (χ2v) is 11.3. The van der Waals surface area contributed by atoms with Gasteiger partial charge in [0, 0.05) is 44.3 Å². The Morgan fingerprint density at radius 1 is 1.11 bits per heavy atom. The monoisotopic (exact) mass is 563 g/mol. The number of piperazine rings is 1. The highest BCUT2D eigenvalue weighted by Crippen LogP contribution is 2.41. The minimum absolute atomic E-state index is 0.0449. The van der Waals surface area contributed by atoms with Gasteiger partial charge in [0.1, 0.15) is 11.9 Å². The molecule has 1 fully saturated rings. The van der Waals surface area contributed by atoms with Gasteiger partial charge in [0.2, 0.25) is 10.0 Å². The highest BCUT2D eigenvalue weighted by Gasteiger charge is 2.40. The number of sulfonamides is 1. The Labute approximate surface area is 229 Å². The van der Waals surface area contributed by atoms with Gasteiger partial charge < -0.3 is 25.3 Å². The molecule has 2 aromatic carbocycles. The van der Waals surface area contributed by atoms with Gasteiger partial charge in [-0.15, -0.1) is 0 Å². The molecule has 0 amide bonds. The van der Waals surface area contributed by atoms with Gasteiger partial charge in [0.25, 0.3) is 0 Å². The molecule has 2 aromatic rings. The van der Waals surface area contributed by atoms with Crippen LogP contribution in [0.1, 0.15) is 22.8 Å². The van der Waals surface area contributed by atoms with E-state index in [1.807, 2.05) is 6.07 Å². The first kappa shape index (κ1) is 28.7. The third-order valence-electron chi connectivity index (χ3n) is 6.63. The summed E-state index contributed by atoms with van der Waals surface area (Å²) in [5.74, 6) is 0.543. The summed E-state index contributed by atoms with van der Waals surface area (Å²) in [4.78, 5) is 2.52. The van der Waals surface area contributed by atoms with Crippen LogP contribution in [0.15, 0.2) is 41.3 Å². The molecule has 4 N–H and O–H groups in total. The maximum atomic E-state index is 12.7. The Balaban J connectivity index is 1.41. The number of fused-ring (bicyclic) bond motifs is 1. The number of halogens is 1. The Morgan fingerprint density at radius 2 is 1.82 bits per heavy atom. The predicted molar refractivity (Wildman–Crippen MR) is 144 cm³/mol. The Kier molecular flexibility index (Phi) is 10.3. The number of nitrogens with one attached hydrogen (secondary N) is 2. The number of nitrogens with zero attached hydrogens (tertiary/aromatic N) is 2. The molecule has 12 heteroatoms. The summed E-state index contributed by atoms with van der Waals surface area (Å²) in [5, 5.41) is 13.6. The van der Waals surface area contributed by atoms with E-state index in [1.165, 1.54) is 12.1 Å². The Hall–Kier alpha value is -2.27. The van der Waals surface area contributed by atoms with Crippen LogP contribution in [0, 0.1) is 11.3 Å². The molecule has 0 aromatic heterocycles. The van der Waals surface area contributed by atoms with E-state index in [0.29, 0.717) is 49.1 Å². The maximum Gasteiger partial charge on any atom is 0.240 e. The van der Waals surface area contributed by atoms with Gasteiger partial charge in [0.15, 0.2) is 0 Å². The van der Waals surface area contributed by atoms with Crippen LogP contribution in [0.2, 0.25) is 5.02 Å². The van der Waals surface area contributed by atoms with Crippen molar-refractivity contribution >= 4 is 21.6 Å². The molecule has 0 radical (unpaired) electrons. The van der Waals surface area contributed by atoms with E-state index in [-0.39, 0.29) is 30.2 Å². The van der Waals surface area contributed by atoms with E-state index in [0.717, 1.165) is 37.3 Å². The SMILES string of the molecule is N#Cc1cc(Cl)cc2c1C[C@H](N1CCNCC1)[C@H]2Oc1ccc(S(=O)(=O)NCCOCCOCCN)cc1. The van der Waals surface area contributed by atoms with E-state index in [1.54, 1.807) is 18.2 Å². The molecular formula is C26H34ClN5O5S. The number of benzene rings is 2. The molecule has 1 heterocycles. The topological polar surface area (TPSA) is 139 Å². The first-order valence-corrected chi connectivity index (χ1v) is 14.6. The van der Waals surface area contributed by atoms with E-state index in [9.17, 15) is 13.7 Å². The molecule has 2 atom stereocenters. The van der Waals surface area contributed by atoms with Gasteiger partial charge in [-0.2, -0.15) is 5.26 Å². The van der Waals surface area contributed by atoms with Crippen LogP contribution >= 0.6 is 11.6 Å². The van der Waals surface area contributed by atoms with Gasteiger partial charge in [-0.1, -0.05) is 11.6 Å². The number of ether oxygens (including phenoxy) is 3. The Morgan fingerprint density at radius 3 is 2.50 bits per heavy atom. The molecule has 2 aliphatic rings. The van der Waals surface area contributed by atoms with Gasteiger partial charge in [0.05, 0.1) is 49.0 Å². The predicted octanol–water partition coefficient (Wildman–Crippen LogP) is 1.43. The fraction of sp³-hybridized carbons (Fsp3) is 0.500. The highest BCUT2D eigenvalue weighted by molar-refractivity contribution is 7.89. The van der Waals surface area contributed by atoms with Gasteiger partial charge in [-0.05, 0) is 53.9 Å². The van der Waals surface area contributed by atoms with Crippen molar-refractivity contribution in [3.8, 4) is 11.8 Å². The van der Waals surface area contributed by atoms with Crippen molar-refractivity contribution in [1.29, 1.82) is 5.26 Å². The van der Waals surface area contributed by atoms with Crippen molar-refractivity contribution in [2.75, 3.05) is 65.7 Å². The molecule has 1 aliphatic carbocycles. The summed E-state index contributed by atoms with van der Waals surface area (Å²) >= 11 is 6.35. The van der Waals surface area contributed by atoms with Crippen molar-refractivity contribution in [3.63, 3.8) is 0 Å². The summed E-state index contributed by atoms with van der Waals surface area (Å²) in [6.07, 6.45) is 0.359. The number of hydrogen-bond donors (Lipinski definition) is 3. The summed E-state index contributed by atoms with van der Waals surface area (Å²) in [6, 6.07) is 12.2. The van der Waals surface area contributed by atoms with Crippen LogP contribution in [-0.4, -0.2) is 85.1 Å². The van der Waals surface area contributed by atoms with Crippen molar-refractivity contribution < 1.29 is 22.6 Å². The lowest BCUT2D eigenvalue weighted by Crippen LogP contribution is -2.50. The number of nitriles is 1. The van der Waals surface area contributed by atoms with Crippen molar-refractivity contribution in [2.24, 2.45) is 5.73 Å². The van der Waals surface area contributed by atoms with Crippen LogP contribution in [0.3, 0.4) is 0 Å².